The van der Waals surface area contributed by atoms with Crippen molar-refractivity contribution in [2.75, 3.05) is 12.3 Å². The van der Waals surface area contributed by atoms with Gasteiger partial charge in [0, 0.05) is 5.56 Å². The number of rotatable bonds is 3. The van der Waals surface area contributed by atoms with Gasteiger partial charge in [-0.3, -0.25) is 0 Å². The molecule has 0 spiro atoms. The van der Waals surface area contributed by atoms with Crippen molar-refractivity contribution in [3.05, 3.63) is 30.3 Å². The molecule has 0 radical (unpaired) electrons. The largest absolute Gasteiger partial charge is 0.382 e. The summed E-state index contributed by atoms with van der Waals surface area (Å²) in [6.07, 6.45) is -0.110. The van der Waals surface area contributed by atoms with Crippen molar-refractivity contribution >= 4 is 17.0 Å². The highest BCUT2D eigenvalue weighted by molar-refractivity contribution is 5.83. The van der Waals surface area contributed by atoms with Gasteiger partial charge < -0.3 is 15.2 Å². The number of anilines is 1. The van der Waals surface area contributed by atoms with Gasteiger partial charge in [-0.25, -0.2) is 14.6 Å². The summed E-state index contributed by atoms with van der Waals surface area (Å²) in [5.41, 5.74) is 8.01. The Morgan fingerprint density at radius 3 is 2.75 bits per heavy atom. The van der Waals surface area contributed by atoms with Crippen LogP contribution in [0.4, 0.5) is 5.82 Å². The first-order chi connectivity index (χ1) is 11.5. The van der Waals surface area contributed by atoms with Crippen molar-refractivity contribution in [3.8, 4) is 11.4 Å². The summed E-state index contributed by atoms with van der Waals surface area (Å²) in [5, 5.41) is 8.25. The highest BCUT2D eigenvalue weighted by Crippen LogP contribution is 2.25. The van der Waals surface area contributed by atoms with E-state index < -0.39 is 5.79 Å². The number of fused-ring (bicyclic) bond motifs is 1. The maximum atomic E-state index is 6.04. The first-order valence-electron chi connectivity index (χ1n) is 7.76. The van der Waals surface area contributed by atoms with Gasteiger partial charge in [0.25, 0.3) is 0 Å². The number of ether oxygens (including phenoxy) is 2. The number of nitrogens with two attached hydrogens (primary N) is 1. The predicted molar refractivity (Wildman–Crippen MR) is 87.9 cm³/mol. The molecule has 3 aromatic rings. The molecule has 2 N–H and O–H groups in total. The van der Waals surface area contributed by atoms with Crippen LogP contribution in [-0.2, 0) is 16.0 Å². The van der Waals surface area contributed by atoms with Crippen molar-refractivity contribution in [1.82, 2.24) is 25.0 Å². The van der Waals surface area contributed by atoms with E-state index in [1.54, 1.807) is 4.68 Å². The number of nitrogen functional groups attached to an aromatic ring is 1. The average Bonchev–Trinajstić information content (AvgIpc) is 3.12. The van der Waals surface area contributed by atoms with Crippen LogP contribution >= 0.6 is 0 Å². The van der Waals surface area contributed by atoms with Gasteiger partial charge >= 0.3 is 0 Å². The molecular formula is C16H18N6O2. The molecule has 1 aromatic carbocycles. The Morgan fingerprint density at radius 1 is 1.25 bits per heavy atom. The fourth-order valence-corrected chi connectivity index (χ4v) is 2.76. The quantitative estimate of drug-likeness (QED) is 0.780. The summed E-state index contributed by atoms with van der Waals surface area (Å²) >= 11 is 0. The van der Waals surface area contributed by atoms with Gasteiger partial charge in [-0.2, -0.15) is 0 Å². The Morgan fingerprint density at radius 2 is 2.04 bits per heavy atom. The highest BCUT2D eigenvalue weighted by atomic mass is 16.7. The molecule has 3 heterocycles. The van der Waals surface area contributed by atoms with Crippen LogP contribution in [0.2, 0.25) is 0 Å². The number of nitrogens with zero attached hydrogens (tertiary/aromatic N) is 5. The molecule has 124 valence electrons. The number of benzene rings is 1. The second-order valence-corrected chi connectivity index (χ2v) is 6.19. The van der Waals surface area contributed by atoms with Crippen LogP contribution in [-0.4, -0.2) is 43.5 Å². The van der Waals surface area contributed by atoms with Crippen LogP contribution in [0, 0.1) is 0 Å². The lowest BCUT2D eigenvalue weighted by atomic mass is 10.2. The lowest BCUT2D eigenvalue weighted by molar-refractivity contribution is -0.139. The van der Waals surface area contributed by atoms with Crippen LogP contribution in [0.3, 0.4) is 0 Å². The van der Waals surface area contributed by atoms with E-state index in [0.29, 0.717) is 36.0 Å². The van der Waals surface area contributed by atoms with Gasteiger partial charge in [0.2, 0.25) is 0 Å². The van der Waals surface area contributed by atoms with Crippen molar-refractivity contribution in [3.63, 3.8) is 0 Å². The maximum Gasteiger partial charge on any atom is 0.184 e. The molecule has 0 aliphatic carbocycles. The summed E-state index contributed by atoms with van der Waals surface area (Å²) < 4.78 is 13.1. The zero-order valence-corrected chi connectivity index (χ0v) is 13.5. The maximum absolute atomic E-state index is 6.04. The highest BCUT2D eigenvalue weighted by Gasteiger charge is 2.33. The van der Waals surface area contributed by atoms with E-state index in [1.807, 2.05) is 44.2 Å². The van der Waals surface area contributed by atoms with E-state index in [2.05, 4.69) is 20.3 Å². The van der Waals surface area contributed by atoms with Crippen LogP contribution in [0.25, 0.3) is 22.6 Å². The summed E-state index contributed by atoms with van der Waals surface area (Å²) in [7, 11) is 0. The molecule has 1 aliphatic rings. The molecular weight excluding hydrogens is 308 g/mol. The van der Waals surface area contributed by atoms with Crippen molar-refractivity contribution < 1.29 is 9.47 Å². The Hall–Kier alpha value is -2.58. The summed E-state index contributed by atoms with van der Waals surface area (Å²) in [5.74, 6) is 0.284. The molecule has 1 fully saturated rings. The molecule has 8 nitrogen and oxygen atoms in total. The van der Waals surface area contributed by atoms with Crippen molar-refractivity contribution in [2.24, 2.45) is 0 Å². The minimum Gasteiger partial charge on any atom is -0.382 e. The monoisotopic (exact) mass is 326 g/mol. The Balaban J connectivity index is 1.71. The van der Waals surface area contributed by atoms with Crippen molar-refractivity contribution in [2.45, 2.75) is 32.3 Å². The minimum atomic E-state index is -0.579. The van der Waals surface area contributed by atoms with E-state index in [-0.39, 0.29) is 6.10 Å². The zero-order chi connectivity index (χ0) is 16.7. The molecule has 24 heavy (non-hydrogen) atoms. The molecule has 1 unspecified atom stereocenters. The summed E-state index contributed by atoms with van der Waals surface area (Å²) in [6.45, 7) is 4.77. The Bertz CT molecular complexity index is 877. The zero-order valence-electron chi connectivity index (χ0n) is 13.5. The summed E-state index contributed by atoms with van der Waals surface area (Å²) in [4.78, 5) is 8.93. The fourth-order valence-electron chi connectivity index (χ4n) is 2.76. The van der Waals surface area contributed by atoms with Crippen LogP contribution < -0.4 is 5.73 Å². The summed E-state index contributed by atoms with van der Waals surface area (Å²) in [6, 6.07) is 9.67. The minimum absolute atomic E-state index is 0.110. The molecule has 0 saturated carbocycles. The molecule has 1 saturated heterocycles. The molecule has 8 heteroatoms. The molecule has 0 amide bonds. The molecule has 0 bridgehead atoms. The smallest absolute Gasteiger partial charge is 0.184 e. The average molecular weight is 326 g/mol. The van der Waals surface area contributed by atoms with E-state index in [0.717, 1.165) is 5.56 Å². The van der Waals surface area contributed by atoms with Gasteiger partial charge in [0.1, 0.15) is 6.10 Å². The van der Waals surface area contributed by atoms with Crippen LogP contribution in [0.1, 0.15) is 13.8 Å². The molecule has 1 aliphatic heterocycles. The van der Waals surface area contributed by atoms with Gasteiger partial charge in [-0.1, -0.05) is 35.5 Å². The fraction of sp³-hybridized carbons (Fsp3) is 0.375. The van der Waals surface area contributed by atoms with E-state index in [4.69, 9.17) is 15.2 Å². The van der Waals surface area contributed by atoms with Crippen LogP contribution in [0.5, 0.6) is 0 Å². The van der Waals surface area contributed by atoms with Gasteiger partial charge in [0.15, 0.2) is 28.6 Å². The standard InChI is InChI=1S/C16H18N6O2/c1-16(2)23-9-11(24-16)8-22-15-12(20-21-22)13(17)18-14(19-15)10-6-4-3-5-7-10/h3-7,11H,8-9H2,1-2H3,(H2,17,18,19). The third-order valence-electron chi connectivity index (χ3n) is 3.87. The second kappa shape index (κ2) is 5.50. The van der Waals surface area contributed by atoms with Crippen LogP contribution in [0.15, 0.2) is 30.3 Å². The lowest BCUT2D eigenvalue weighted by Gasteiger charge is -2.16. The number of aromatic nitrogens is 5. The predicted octanol–water partition coefficient (Wildman–Crippen LogP) is 1.62. The SMILES string of the molecule is CC1(C)OCC(Cn2nnc3c(N)nc(-c4ccccc4)nc32)O1. The third-order valence-corrected chi connectivity index (χ3v) is 3.87. The van der Waals surface area contributed by atoms with Crippen molar-refractivity contribution in [1.29, 1.82) is 0 Å². The molecule has 2 aromatic heterocycles. The number of hydrogen-bond donors (Lipinski definition) is 1. The van der Waals surface area contributed by atoms with E-state index >= 15 is 0 Å². The topological polar surface area (TPSA) is 101 Å². The van der Waals surface area contributed by atoms with E-state index in [1.165, 1.54) is 0 Å². The lowest BCUT2D eigenvalue weighted by Crippen LogP contribution is -2.24. The molecule has 4 rings (SSSR count). The second-order valence-electron chi connectivity index (χ2n) is 6.19. The normalized spacial score (nSPS) is 19.8. The number of hydrogen-bond acceptors (Lipinski definition) is 7. The Kier molecular flexibility index (Phi) is 3.43. The van der Waals surface area contributed by atoms with Gasteiger partial charge in [0.05, 0.1) is 13.2 Å². The Labute approximate surface area is 138 Å². The first-order valence-corrected chi connectivity index (χ1v) is 7.76. The van der Waals surface area contributed by atoms with Gasteiger partial charge in [-0.05, 0) is 13.8 Å². The van der Waals surface area contributed by atoms with Gasteiger partial charge in [-0.15, -0.1) is 5.10 Å². The van der Waals surface area contributed by atoms with E-state index in [9.17, 15) is 0 Å². The first kappa shape index (κ1) is 15.0. The molecule has 1 atom stereocenters. The third kappa shape index (κ3) is 2.70.